The van der Waals surface area contributed by atoms with Crippen LogP contribution in [0.5, 0.6) is 0 Å². The van der Waals surface area contributed by atoms with Gasteiger partial charge < -0.3 is 10.2 Å². The number of carboxylic acids is 2. The molecule has 2 aliphatic rings. The van der Waals surface area contributed by atoms with Gasteiger partial charge in [0.2, 0.25) is 0 Å². The normalized spacial score (nSPS) is 27.4. The van der Waals surface area contributed by atoms with E-state index in [0.29, 0.717) is 6.42 Å². The van der Waals surface area contributed by atoms with Crippen LogP contribution < -0.4 is 0 Å². The predicted molar refractivity (Wildman–Crippen MR) is 43.2 cm³/mol. The van der Waals surface area contributed by atoms with Gasteiger partial charge in [0, 0.05) is 0 Å². The van der Waals surface area contributed by atoms with E-state index in [1.165, 1.54) is 0 Å². The molecule has 0 unspecified atom stereocenters. The van der Waals surface area contributed by atoms with Gasteiger partial charge in [0.05, 0.1) is 0 Å². The summed E-state index contributed by atoms with van der Waals surface area (Å²) in [6, 6.07) is 0. The maximum absolute atomic E-state index is 11.0. The maximum Gasteiger partial charge on any atom is 0.321 e. The Morgan fingerprint density at radius 1 is 0.923 bits per heavy atom. The molecule has 0 atom stereocenters. The first-order valence-corrected chi connectivity index (χ1v) is 4.52. The van der Waals surface area contributed by atoms with Crippen LogP contribution in [0, 0.1) is 10.8 Å². The lowest BCUT2D eigenvalue weighted by molar-refractivity contribution is -0.205. The van der Waals surface area contributed by atoms with Crippen LogP contribution in [0.1, 0.15) is 32.1 Å². The fraction of sp³-hybridized carbons (Fsp3) is 0.778. The van der Waals surface area contributed by atoms with Gasteiger partial charge >= 0.3 is 11.9 Å². The first-order chi connectivity index (χ1) is 6.05. The SMILES string of the molecule is O=C(O)C1(C(=O)O)CCC12CCC2. The van der Waals surface area contributed by atoms with E-state index in [9.17, 15) is 9.59 Å². The second-order valence-corrected chi connectivity index (χ2v) is 4.15. The number of carbonyl (C=O) groups is 2. The van der Waals surface area contributed by atoms with E-state index >= 15 is 0 Å². The summed E-state index contributed by atoms with van der Waals surface area (Å²) < 4.78 is 0. The molecule has 4 heteroatoms. The molecule has 72 valence electrons. The van der Waals surface area contributed by atoms with E-state index in [1.807, 2.05) is 0 Å². The molecule has 0 amide bonds. The van der Waals surface area contributed by atoms with Crippen molar-refractivity contribution in [2.75, 3.05) is 0 Å². The molecule has 2 N–H and O–H groups in total. The standard InChI is InChI=1S/C9H12O4/c10-6(11)9(7(12)13)5-4-8(9)2-1-3-8/h1-5H2,(H,10,11)(H,12,13). The Bertz CT molecular complexity index is 258. The van der Waals surface area contributed by atoms with Crippen LogP contribution in [0.2, 0.25) is 0 Å². The molecule has 2 fully saturated rings. The summed E-state index contributed by atoms with van der Waals surface area (Å²) in [6.45, 7) is 0. The van der Waals surface area contributed by atoms with E-state index in [-0.39, 0.29) is 0 Å². The van der Waals surface area contributed by atoms with Gasteiger partial charge in [-0.2, -0.15) is 0 Å². The van der Waals surface area contributed by atoms with Crippen molar-refractivity contribution in [1.29, 1.82) is 0 Å². The van der Waals surface area contributed by atoms with Crippen molar-refractivity contribution in [3.8, 4) is 0 Å². The number of rotatable bonds is 2. The zero-order chi connectivity index (χ0) is 9.69. The van der Waals surface area contributed by atoms with Crippen molar-refractivity contribution in [2.24, 2.45) is 10.8 Å². The van der Waals surface area contributed by atoms with Crippen LogP contribution in [0.15, 0.2) is 0 Å². The van der Waals surface area contributed by atoms with Crippen molar-refractivity contribution < 1.29 is 19.8 Å². The largest absolute Gasteiger partial charge is 0.480 e. The van der Waals surface area contributed by atoms with E-state index in [2.05, 4.69) is 0 Å². The monoisotopic (exact) mass is 184 g/mol. The minimum absolute atomic E-state index is 0.303. The zero-order valence-corrected chi connectivity index (χ0v) is 7.25. The average Bonchev–Trinajstić information content (AvgIpc) is 1.78. The molecule has 0 bridgehead atoms. The van der Waals surface area contributed by atoms with Crippen molar-refractivity contribution in [3.63, 3.8) is 0 Å². The van der Waals surface area contributed by atoms with Gasteiger partial charge in [-0.1, -0.05) is 6.42 Å². The molecule has 4 nitrogen and oxygen atoms in total. The van der Waals surface area contributed by atoms with Crippen molar-refractivity contribution in [1.82, 2.24) is 0 Å². The van der Waals surface area contributed by atoms with Gasteiger partial charge in [0.15, 0.2) is 5.41 Å². The summed E-state index contributed by atoms with van der Waals surface area (Å²) in [7, 11) is 0. The molecular formula is C9H12O4. The van der Waals surface area contributed by atoms with Crippen LogP contribution in [-0.4, -0.2) is 22.2 Å². The fourth-order valence-corrected chi connectivity index (χ4v) is 2.77. The lowest BCUT2D eigenvalue weighted by atomic mass is 9.41. The average molecular weight is 184 g/mol. The van der Waals surface area contributed by atoms with Gasteiger partial charge in [0.1, 0.15) is 0 Å². The molecule has 0 aromatic rings. The smallest absolute Gasteiger partial charge is 0.321 e. The third kappa shape index (κ3) is 0.716. The number of hydrogen-bond acceptors (Lipinski definition) is 2. The third-order valence-corrected chi connectivity index (χ3v) is 3.92. The summed E-state index contributed by atoms with van der Waals surface area (Å²) in [6.07, 6.45) is 3.59. The Balaban J connectivity index is 2.35. The van der Waals surface area contributed by atoms with Crippen LogP contribution in [0.25, 0.3) is 0 Å². The van der Waals surface area contributed by atoms with Gasteiger partial charge in [-0.25, -0.2) is 0 Å². The van der Waals surface area contributed by atoms with E-state index < -0.39 is 22.8 Å². The topological polar surface area (TPSA) is 74.6 Å². The Morgan fingerprint density at radius 3 is 1.54 bits per heavy atom. The molecule has 13 heavy (non-hydrogen) atoms. The summed E-state index contributed by atoms with van der Waals surface area (Å²) in [5, 5.41) is 17.9. The van der Waals surface area contributed by atoms with Crippen molar-refractivity contribution >= 4 is 11.9 Å². The fourth-order valence-electron chi connectivity index (χ4n) is 2.77. The Hall–Kier alpha value is -1.06. The van der Waals surface area contributed by atoms with Gasteiger partial charge in [0.25, 0.3) is 0 Å². The quantitative estimate of drug-likeness (QED) is 0.630. The van der Waals surface area contributed by atoms with Crippen molar-refractivity contribution in [3.05, 3.63) is 0 Å². The van der Waals surface area contributed by atoms with Crippen LogP contribution in [0.4, 0.5) is 0 Å². The van der Waals surface area contributed by atoms with E-state index in [1.54, 1.807) is 0 Å². The Labute approximate surface area is 75.6 Å². The molecule has 2 rings (SSSR count). The van der Waals surface area contributed by atoms with Crippen LogP contribution in [0.3, 0.4) is 0 Å². The lowest BCUT2D eigenvalue weighted by Gasteiger charge is -2.59. The second-order valence-electron chi connectivity index (χ2n) is 4.15. The highest BCUT2D eigenvalue weighted by atomic mass is 16.4. The Morgan fingerprint density at radius 2 is 1.46 bits per heavy atom. The van der Waals surface area contributed by atoms with Crippen LogP contribution in [-0.2, 0) is 9.59 Å². The highest BCUT2D eigenvalue weighted by Gasteiger charge is 2.70. The zero-order valence-electron chi connectivity index (χ0n) is 7.25. The minimum atomic E-state index is -1.45. The molecule has 2 saturated carbocycles. The third-order valence-electron chi connectivity index (χ3n) is 3.92. The molecule has 0 heterocycles. The molecule has 0 saturated heterocycles. The van der Waals surface area contributed by atoms with Crippen molar-refractivity contribution in [2.45, 2.75) is 32.1 Å². The first kappa shape index (κ1) is 8.53. The lowest BCUT2D eigenvalue weighted by Crippen LogP contribution is -2.63. The molecule has 0 aliphatic heterocycles. The highest BCUT2D eigenvalue weighted by molar-refractivity contribution is 6.00. The van der Waals surface area contributed by atoms with Gasteiger partial charge in [-0.3, -0.25) is 9.59 Å². The molecule has 2 aliphatic carbocycles. The predicted octanol–water partition coefficient (Wildman–Crippen LogP) is 1.11. The van der Waals surface area contributed by atoms with Gasteiger partial charge in [-0.05, 0) is 31.1 Å². The van der Waals surface area contributed by atoms with E-state index in [4.69, 9.17) is 10.2 Å². The molecule has 0 radical (unpaired) electrons. The Kier molecular flexibility index (Phi) is 1.47. The number of carboxylic acid groups (broad SMARTS) is 2. The minimum Gasteiger partial charge on any atom is -0.480 e. The summed E-state index contributed by atoms with van der Waals surface area (Å²) in [5.41, 5.74) is -1.85. The molecule has 1 spiro atoms. The second kappa shape index (κ2) is 2.25. The molecular weight excluding hydrogens is 172 g/mol. The first-order valence-electron chi connectivity index (χ1n) is 4.52. The number of aliphatic carboxylic acids is 2. The summed E-state index contributed by atoms with van der Waals surface area (Å²) in [5.74, 6) is -2.29. The number of hydrogen-bond donors (Lipinski definition) is 2. The van der Waals surface area contributed by atoms with Gasteiger partial charge in [-0.15, -0.1) is 0 Å². The maximum atomic E-state index is 11.0. The van der Waals surface area contributed by atoms with Crippen LogP contribution >= 0.6 is 0 Å². The molecule has 0 aromatic carbocycles. The summed E-state index contributed by atoms with van der Waals surface area (Å²) >= 11 is 0. The summed E-state index contributed by atoms with van der Waals surface area (Å²) in [4.78, 5) is 21.9. The highest BCUT2D eigenvalue weighted by Crippen LogP contribution is 2.67. The van der Waals surface area contributed by atoms with E-state index in [0.717, 1.165) is 25.7 Å². The molecule has 0 aromatic heterocycles.